The molecule has 1 aliphatic carbocycles. The van der Waals surface area contributed by atoms with Crippen LogP contribution in [0.3, 0.4) is 0 Å². The van der Waals surface area contributed by atoms with Crippen molar-refractivity contribution in [2.45, 2.75) is 33.1 Å². The third-order valence-electron chi connectivity index (χ3n) is 6.32. The van der Waals surface area contributed by atoms with Gasteiger partial charge in [0.2, 0.25) is 11.8 Å². The first kappa shape index (κ1) is 18.0. The van der Waals surface area contributed by atoms with Gasteiger partial charge in [0.25, 0.3) is 5.91 Å². The molecule has 0 bridgehead atoms. The minimum absolute atomic E-state index is 0.0269. The molecule has 2 saturated heterocycles. The molecule has 3 aliphatic rings. The molecule has 1 aromatic carbocycles. The lowest BCUT2D eigenvalue weighted by molar-refractivity contribution is -0.122. The predicted octanol–water partition coefficient (Wildman–Crippen LogP) is 3.26. The number of allylic oxidation sites excluding steroid dienone is 2. The van der Waals surface area contributed by atoms with Crippen LogP contribution in [0.25, 0.3) is 0 Å². The van der Waals surface area contributed by atoms with Crippen LogP contribution in [0.1, 0.15) is 43.5 Å². The zero-order chi connectivity index (χ0) is 19.1. The van der Waals surface area contributed by atoms with Gasteiger partial charge in [0.05, 0.1) is 17.5 Å². The molecule has 5 nitrogen and oxygen atoms in total. The molecule has 142 valence electrons. The summed E-state index contributed by atoms with van der Waals surface area (Å²) < 4.78 is 0. The first-order valence-corrected chi connectivity index (χ1v) is 9.91. The van der Waals surface area contributed by atoms with Gasteiger partial charge in [-0.1, -0.05) is 26.0 Å². The summed E-state index contributed by atoms with van der Waals surface area (Å²) in [5, 5.41) is 0. The Morgan fingerprint density at radius 3 is 2.30 bits per heavy atom. The maximum Gasteiger partial charge on any atom is 0.253 e. The number of benzene rings is 1. The van der Waals surface area contributed by atoms with Gasteiger partial charge < -0.3 is 4.90 Å². The lowest BCUT2D eigenvalue weighted by Crippen LogP contribution is -2.38. The zero-order valence-corrected chi connectivity index (χ0v) is 15.9. The molecule has 1 aromatic rings. The van der Waals surface area contributed by atoms with E-state index in [2.05, 4.69) is 6.92 Å². The van der Waals surface area contributed by atoms with Gasteiger partial charge in [0.15, 0.2) is 0 Å². The number of carbonyl (C=O) groups is 3. The number of anilines is 1. The van der Waals surface area contributed by atoms with E-state index in [0.717, 1.165) is 25.9 Å². The molecule has 0 spiro atoms. The Balaban J connectivity index is 1.52. The SMILES string of the molecule is CC1CCN(C(=O)c2ccc(N3C(=O)[C@@H]4[C@@H](C)C=CC[C@H]4C3=O)cc2)CC1. The van der Waals surface area contributed by atoms with Crippen molar-refractivity contribution in [2.75, 3.05) is 18.0 Å². The third-order valence-corrected chi connectivity index (χ3v) is 6.32. The van der Waals surface area contributed by atoms with E-state index >= 15 is 0 Å². The number of rotatable bonds is 2. The highest BCUT2D eigenvalue weighted by molar-refractivity contribution is 6.22. The lowest BCUT2D eigenvalue weighted by Gasteiger charge is -2.30. The van der Waals surface area contributed by atoms with E-state index in [0.29, 0.717) is 23.6 Å². The monoisotopic (exact) mass is 366 g/mol. The van der Waals surface area contributed by atoms with Gasteiger partial charge >= 0.3 is 0 Å². The average molecular weight is 366 g/mol. The number of hydrogen-bond acceptors (Lipinski definition) is 3. The molecule has 0 N–H and O–H groups in total. The quantitative estimate of drug-likeness (QED) is 0.596. The van der Waals surface area contributed by atoms with E-state index in [1.54, 1.807) is 24.3 Å². The van der Waals surface area contributed by atoms with Gasteiger partial charge in [-0.15, -0.1) is 0 Å². The Morgan fingerprint density at radius 1 is 1.00 bits per heavy atom. The number of piperidine rings is 1. The second-order valence-corrected chi connectivity index (χ2v) is 8.19. The number of fused-ring (bicyclic) bond motifs is 1. The van der Waals surface area contributed by atoms with Crippen molar-refractivity contribution in [3.63, 3.8) is 0 Å². The summed E-state index contributed by atoms with van der Waals surface area (Å²) >= 11 is 0. The Kier molecular flexibility index (Phi) is 4.62. The Labute approximate surface area is 160 Å². The van der Waals surface area contributed by atoms with Gasteiger partial charge in [-0.05, 0) is 55.4 Å². The molecule has 2 fully saturated rings. The van der Waals surface area contributed by atoms with Crippen molar-refractivity contribution in [3.8, 4) is 0 Å². The smallest absolute Gasteiger partial charge is 0.253 e. The van der Waals surface area contributed by atoms with E-state index in [1.165, 1.54) is 4.90 Å². The Morgan fingerprint density at radius 2 is 1.67 bits per heavy atom. The van der Waals surface area contributed by atoms with E-state index in [9.17, 15) is 14.4 Å². The van der Waals surface area contributed by atoms with Crippen LogP contribution >= 0.6 is 0 Å². The standard InChI is InChI=1S/C22H26N2O3/c1-14-10-12-23(13-11-14)20(25)16-6-8-17(9-7-16)24-21(26)18-5-3-4-15(2)19(18)22(24)27/h3-4,6-9,14-15,18-19H,5,10-13H2,1-2H3/t15-,18+,19+/m0/s1. The second kappa shape index (κ2) is 6.95. The summed E-state index contributed by atoms with van der Waals surface area (Å²) in [5.74, 6) is 0.0140. The summed E-state index contributed by atoms with van der Waals surface area (Å²) in [7, 11) is 0. The first-order chi connectivity index (χ1) is 13.0. The molecule has 2 heterocycles. The lowest BCUT2D eigenvalue weighted by atomic mass is 9.78. The van der Waals surface area contributed by atoms with Crippen LogP contribution in [0.4, 0.5) is 5.69 Å². The molecule has 0 saturated carbocycles. The number of amides is 3. The predicted molar refractivity (Wildman–Crippen MR) is 103 cm³/mol. The van der Waals surface area contributed by atoms with Crippen LogP contribution in [-0.4, -0.2) is 35.7 Å². The number of imide groups is 1. The van der Waals surface area contributed by atoms with Crippen molar-refractivity contribution < 1.29 is 14.4 Å². The van der Waals surface area contributed by atoms with Gasteiger partial charge in [0.1, 0.15) is 0 Å². The largest absolute Gasteiger partial charge is 0.339 e. The minimum Gasteiger partial charge on any atom is -0.339 e. The first-order valence-electron chi connectivity index (χ1n) is 9.91. The van der Waals surface area contributed by atoms with E-state index in [-0.39, 0.29) is 35.5 Å². The van der Waals surface area contributed by atoms with Gasteiger partial charge in [-0.3, -0.25) is 19.3 Å². The average Bonchev–Trinajstić information content (AvgIpc) is 2.94. The molecule has 5 heteroatoms. The van der Waals surface area contributed by atoms with Crippen LogP contribution in [0, 0.1) is 23.7 Å². The van der Waals surface area contributed by atoms with E-state index in [1.807, 2.05) is 24.0 Å². The second-order valence-electron chi connectivity index (χ2n) is 8.19. The van der Waals surface area contributed by atoms with Crippen molar-refractivity contribution >= 4 is 23.4 Å². The maximum absolute atomic E-state index is 12.9. The molecule has 2 aliphatic heterocycles. The van der Waals surface area contributed by atoms with Crippen molar-refractivity contribution in [1.29, 1.82) is 0 Å². The highest BCUT2D eigenvalue weighted by Gasteiger charge is 2.50. The number of nitrogens with zero attached hydrogens (tertiary/aromatic N) is 2. The third kappa shape index (κ3) is 3.09. The summed E-state index contributed by atoms with van der Waals surface area (Å²) in [6.45, 7) is 5.79. The number of carbonyl (C=O) groups excluding carboxylic acids is 3. The highest BCUT2D eigenvalue weighted by atomic mass is 16.2. The molecule has 0 unspecified atom stereocenters. The fourth-order valence-electron chi connectivity index (χ4n) is 4.55. The molecular weight excluding hydrogens is 340 g/mol. The summed E-state index contributed by atoms with van der Waals surface area (Å²) in [6, 6.07) is 6.93. The van der Waals surface area contributed by atoms with Gasteiger partial charge in [0, 0.05) is 18.7 Å². The molecule has 27 heavy (non-hydrogen) atoms. The normalized spacial score (nSPS) is 28.6. The van der Waals surface area contributed by atoms with Gasteiger partial charge in [-0.25, -0.2) is 0 Å². The van der Waals surface area contributed by atoms with E-state index < -0.39 is 0 Å². The Hall–Kier alpha value is -2.43. The topological polar surface area (TPSA) is 57.7 Å². The minimum atomic E-state index is -0.265. The molecule has 3 atom stereocenters. The van der Waals surface area contributed by atoms with Crippen LogP contribution in [0.2, 0.25) is 0 Å². The fourth-order valence-corrected chi connectivity index (χ4v) is 4.55. The van der Waals surface area contributed by atoms with Crippen molar-refractivity contribution in [2.24, 2.45) is 23.7 Å². The van der Waals surface area contributed by atoms with Crippen molar-refractivity contribution in [3.05, 3.63) is 42.0 Å². The van der Waals surface area contributed by atoms with Crippen LogP contribution in [0.5, 0.6) is 0 Å². The Bertz CT molecular complexity index is 790. The molecule has 0 aromatic heterocycles. The number of hydrogen-bond donors (Lipinski definition) is 0. The van der Waals surface area contributed by atoms with E-state index in [4.69, 9.17) is 0 Å². The molecular formula is C22H26N2O3. The summed E-state index contributed by atoms with van der Waals surface area (Å²) in [4.78, 5) is 41.5. The van der Waals surface area contributed by atoms with Gasteiger partial charge in [-0.2, -0.15) is 0 Å². The molecule has 4 rings (SSSR count). The zero-order valence-electron chi connectivity index (χ0n) is 15.9. The molecule has 0 radical (unpaired) electrons. The number of likely N-dealkylation sites (tertiary alicyclic amines) is 1. The highest BCUT2D eigenvalue weighted by Crippen LogP contribution is 2.40. The van der Waals surface area contributed by atoms with Crippen LogP contribution in [-0.2, 0) is 9.59 Å². The maximum atomic E-state index is 12.9. The summed E-state index contributed by atoms with van der Waals surface area (Å²) in [6.07, 6.45) is 6.73. The van der Waals surface area contributed by atoms with Crippen LogP contribution < -0.4 is 4.90 Å². The summed E-state index contributed by atoms with van der Waals surface area (Å²) in [5.41, 5.74) is 1.18. The van der Waals surface area contributed by atoms with Crippen molar-refractivity contribution in [1.82, 2.24) is 4.90 Å². The van der Waals surface area contributed by atoms with Crippen LogP contribution in [0.15, 0.2) is 36.4 Å². The fraction of sp³-hybridized carbons (Fsp3) is 0.500. The molecule has 3 amide bonds.